The summed E-state index contributed by atoms with van der Waals surface area (Å²) in [6, 6.07) is 9.44. The monoisotopic (exact) mass is 352 g/mol. The summed E-state index contributed by atoms with van der Waals surface area (Å²) in [6.45, 7) is 0. The minimum atomic E-state index is -1.14. The Morgan fingerprint density at radius 3 is 2.43 bits per heavy atom. The molecule has 0 unspecified atom stereocenters. The lowest BCUT2D eigenvalue weighted by Gasteiger charge is -2.06. The van der Waals surface area contributed by atoms with Crippen molar-refractivity contribution >= 4 is 40.9 Å². The van der Waals surface area contributed by atoms with Gasteiger partial charge in [-0.25, -0.2) is 8.78 Å². The quantitative estimate of drug-likeness (QED) is 0.636. The van der Waals surface area contributed by atoms with Gasteiger partial charge in [0.2, 0.25) is 0 Å². The lowest BCUT2D eigenvalue weighted by Crippen LogP contribution is -2.13. The van der Waals surface area contributed by atoms with Crippen molar-refractivity contribution in [2.24, 2.45) is 0 Å². The van der Waals surface area contributed by atoms with Gasteiger partial charge in [-0.1, -0.05) is 35.3 Å². The Morgan fingerprint density at radius 1 is 1.17 bits per heavy atom. The van der Waals surface area contributed by atoms with Gasteiger partial charge >= 0.3 is 0 Å². The summed E-state index contributed by atoms with van der Waals surface area (Å²) in [6.07, 6.45) is 0.958. The zero-order valence-corrected chi connectivity index (χ0v) is 12.9. The Kier molecular flexibility index (Phi) is 5.32. The Bertz CT molecular complexity index is 824. The highest BCUT2D eigenvalue weighted by atomic mass is 35.5. The number of halogens is 4. The fourth-order valence-electron chi connectivity index (χ4n) is 1.76. The van der Waals surface area contributed by atoms with Gasteiger partial charge in [-0.2, -0.15) is 5.26 Å². The second-order valence-corrected chi connectivity index (χ2v) is 5.30. The van der Waals surface area contributed by atoms with Crippen molar-refractivity contribution in [2.45, 2.75) is 0 Å². The van der Waals surface area contributed by atoms with Crippen molar-refractivity contribution in [3.05, 3.63) is 69.2 Å². The molecule has 1 amide bonds. The molecule has 1 N–H and O–H groups in total. The number of carbonyl (C=O) groups excluding carboxylic acids is 1. The fourth-order valence-corrected chi connectivity index (χ4v) is 2.29. The van der Waals surface area contributed by atoms with E-state index in [4.69, 9.17) is 28.5 Å². The molecule has 2 aromatic carbocycles. The molecule has 0 heterocycles. The average Bonchev–Trinajstić information content (AvgIpc) is 2.47. The number of nitrogens with zero attached hydrogens (tertiary/aromatic N) is 1. The molecule has 2 rings (SSSR count). The summed E-state index contributed by atoms with van der Waals surface area (Å²) in [5.74, 6) is -3.01. The fraction of sp³-hybridized carbons (Fsp3) is 0. The molecule has 23 heavy (non-hydrogen) atoms. The maximum atomic E-state index is 13.6. The molecule has 0 fully saturated rings. The molecule has 0 radical (unpaired) electrons. The highest BCUT2D eigenvalue weighted by molar-refractivity contribution is 6.35. The zero-order valence-electron chi connectivity index (χ0n) is 11.4. The number of anilines is 1. The van der Waals surface area contributed by atoms with Crippen LogP contribution in [0.1, 0.15) is 5.56 Å². The number of amides is 1. The lowest BCUT2D eigenvalue weighted by molar-refractivity contribution is -0.112. The van der Waals surface area contributed by atoms with Crippen molar-refractivity contribution in [1.82, 2.24) is 0 Å². The normalized spacial score (nSPS) is 11.0. The van der Waals surface area contributed by atoms with E-state index in [9.17, 15) is 13.6 Å². The van der Waals surface area contributed by atoms with Gasteiger partial charge in [0.15, 0.2) is 11.6 Å². The number of hydrogen-bond donors (Lipinski definition) is 1. The van der Waals surface area contributed by atoms with E-state index in [1.165, 1.54) is 30.3 Å². The smallest absolute Gasteiger partial charge is 0.266 e. The van der Waals surface area contributed by atoms with Crippen LogP contribution in [0.15, 0.2) is 42.0 Å². The Morgan fingerprint density at radius 2 is 1.83 bits per heavy atom. The summed E-state index contributed by atoms with van der Waals surface area (Å²) in [5.41, 5.74) is -0.334. The highest BCUT2D eigenvalue weighted by Crippen LogP contribution is 2.23. The molecule has 0 aromatic heterocycles. The molecule has 2 aromatic rings. The van der Waals surface area contributed by atoms with E-state index in [0.29, 0.717) is 10.0 Å². The first-order chi connectivity index (χ1) is 10.9. The van der Waals surface area contributed by atoms with Gasteiger partial charge in [-0.3, -0.25) is 4.79 Å². The second kappa shape index (κ2) is 7.23. The first-order valence-corrected chi connectivity index (χ1v) is 6.99. The minimum absolute atomic E-state index is 0.208. The van der Waals surface area contributed by atoms with Gasteiger partial charge in [0, 0.05) is 21.3 Å². The van der Waals surface area contributed by atoms with E-state index in [0.717, 1.165) is 12.1 Å². The van der Waals surface area contributed by atoms with Crippen LogP contribution in [-0.4, -0.2) is 5.91 Å². The number of benzene rings is 2. The zero-order chi connectivity index (χ0) is 17.0. The molecule has 0 bridgehead atoms. The van der Waals surface area contributed by atoms with Crippen LogP contribution in [0.4, 0.5) is 14.5 Å². The van der Waals surface area contributed by atoms with Crippen molar-refractivity contribution in [2.75, 3.05) is 5.32 Å². The lowest BCUT2D eigenvalue weighted by atomic mass is 10.1. The first-order valence-electron chi connectivity index (χ1n) is 6.24. The Hall–Kier alpha value is -2.42. The molecule has 3 nitrogen and oxygen atoms in total. The SMILES string of the molecule is N#CC(=Cc1cccc(F)c1F)C(=O)Nc1cc(Cl)cc(Cl)c1. The van der Waals surface area contributed by atoms with Gasteiger partial charge in [0.25, 0.3) is 5.91 Å². The van der Waals surface area contributed by atoms with Gasteiger partial charge in [0.1, 0.15) is 11.6 Å². The summed E-state index contributed by atoms with van der Waals surface area (Å²) in [5, 5.41) is 12.1. The molecular formula is C16H8Cl2F2N2O. The van der Waals surface area contributed by atoms with Crippen molar-refractivity contribution in [1.29, 1.82) is 5.26 Å². The van der Waals surface area contributed by atoms with Crippen LogP contribution in [0.25, 0.3) is 6.08 Å². The minimum Gasteiger partial charge on any atom is -0.321 e. The van der Waals surface area contributed by atoms with E-state index >= 15 is 0 Å². The predicted molar refractivity (Wildman–Crippen MR) is 85.0 cm³/mol. The van der Waals surface area contributed by atoms with E-state index in [1.807, 2.05) is 0 Å². The van der Waals surface area contributed by atoms with Crippen LogP contribution < -0.4 is 5.32 Å². The maximum Gasteiger partial charge on any atom is 0.266 e. The predicted octanol–water partition coefficient (Wildman–Crippen LogP) is 4.82. The van der Waals surface area contributed by atoms with Gasteiger partial charge in [-0.15, -0.1) is 0 Å². The number of carbonyl (C=O) groups is 1. The average molecular weight is 353 g/mol. The molecule has 0 spiro atoms. The number of nitrogens with one attached hydrogen (secondary N) is 1. The molecular weight excluding hydrogens is 345 g/mol. The molecule has 0 aliphatic rings. The number of hydrogen-bond acceptors (Lipinski definition) is 2. The van der Waals surface area contributed by atoms with E-state index in [-0.39, 0.29) is 11.3 Å². The van der Waals surface area contributed by atoms with Crippen LogP contribution in [0, 0.1) is 23.0 Å². The van der Waals surface area contributed by atoms with Crippen LogP contribution in [0.3, 0.4) is 0 Å². The molecule has 0 saturated heterocycles. The molecule has 0 aliphatic heterocycles. The van der Waals surface area contributed by atoms with E-state index in [1.54, 1.807) is 6.07 Å². The third-order valence-electron chi connectivity index (χ3n) is 2.77. The van der Waals surface area contributed by atoms with Crippen LogP contribution in [0.5, 0.6) is 0 Å². The summed E-state index contributed by atoms with van der Waals surface area (Å²) in [4.78, 5) is 12.1. The Labute approximate surface area is 140 Å². The van der Waals surface area contributed by atoms with Crippen LogP contribution >= 0.6 is 23.2 Å². The van der Waals surface area contributed by atoms with Crippen LogP contribution in [-0.2, 0) is 4.79 Å². The number of rotatable bonds is 3. The topological polar surface area (TPSA) is 52.9 Å². The second-order valence-electron chi connectivity index (χ2n) is 4.43. The van der Waals surface area contributed by atoms with E-state index < -0.39 is 23.1 Å². The largest absolute Gasteiger partial charge is 0.321 e. The van der Waals surface area contributed by atoms with Gasteiger partial charge in [-0.05, 0) is 30.3 Å². The van der Waals surface area contributed by atoms with E-state index in [2.05, 4.69) is 5.32 Å². The highest BCUT2D eigenvalue weighted by Gasteiger charge is 2.13. The summed E-state index contributed by atoms with van der Waals surface area (Å²) < 4.78 is 26.8. The molecule has 0 aliphatic carbocycles. The summed E-state index contributed by atoms with van der Waals surface area (Å²) in [7, 11) is 0. The number of nitriles is 1. The maximum absolute atomic E-state index is 13.6. The van der Waals surface area contributed by atoms with Crippen molar-refractivity contribution in [3.8, 4) is 6.07 Å². The standard InChI is InChI=1S/C16H8Cl2F2N2O/c17-11-5-12(18)7-13(6-11)22-16(23)10(8-21)4-9-2-1-3-14(19)15(9)20/h1-7H,(H,22,23). The Balaban J connectivity index is 2.30. The van der Waals surface area contributed by atoms with Gasteiger partial charge < -0.3 is 5.32 Å². The molecule has 116 valence electrons. The first kappa shape index (κ1) is 16.9. The van der Waals surface area contributed by atoms with Crippen molar-refractivity contribution < 1.29 is 13.6 Å². The molecule has 0 saturated carbocycles. The molecule has 0 atom stereocenters. The molecule has 7 heteroatoms. The van der Waals surface area contributed by atoms with Gasteiger partial charge in [0.05, 0.1) is 0 Å². The van der Waals surface area contributed by atoms with Crippen molar-refractivity contribution in [3.63, 3.8) is 0 Å². The summed E-state index contributed by atoms with van der Waals surface area (Å²) >= 11 is 11.6. The third-order valence-corrected chi connectivity index (χ3v) is 3.20. The van der Waals surface area contributed by atoms with Crippen LogP contribution in [0.2, 0.25) is 10.0 Å². The third kappa shape index (κ3) is 4.28.